The zero-order chi connectivity index (χ0) is 11.9. The monoisotopic (exact) mass is 229 g/mol. The quantitative estimate of drug-likeness (QED) is 0.739. The molecule has 4 heteroatoms. The van der Waals surface area contributed by atoms with E-state index in [1.807, 2.05) is 30.3 Å². The van der Waals surface area contributed by atoms with E-state index in [1.165, 1.54) is 6.33 Å². The molecule has 0 fully saturated rings. The van der Waals surface area contributed by atoms with Crippen molar-refractivity contribution in [3.8, 4) is 17.4 Å². The number of hydrogen-bond donors (Lipinski definition) is 0. The summed E-state index contributed by atoms with van der Waals surface area (Å²) in [5, 5.41) is 0. The summed E-state index contributed by atoms with van der Waals surface area (Å²) in [5.41, 5.74) is 0.968. The third-order valence-electron chi connectivity index (χ3n) is 2.31. The lowest BCUT2D eigenvalue weighted by molar-refractivity contribution is 0.284. The molecule has 0 unspecified atom stereocenters. The van der Waals surface area contributed by atoms with Gasteiger partial charge >= 0.3 is 6.01 Å². The third-order valence-corrected chi connectivity index (χ3v) is 2.31. The number of ether oxygens (including phenoxy) is 1. The van der Waals surface area contributed by atoms with Crippen molar-refractivity contribution in [2.45, 2.75) is 19.8 Å². The minimum atomic E-state index is 0.396. The molecule has 88 valence electrons. The van der Waals surface area contributed by atoms with Gasteiger partial charge in [-0.15, -0.1) is 0 Å². The van der Waals surface area contributed by atoms with Gasteiger partial charge in [0.1, 0.15) is 6.33 Å². The summed E-state index contributed by atoms with van der Waals surface area (Å²) in [7, 11) is 0. The van der Waals surface area contributed by atoms with Gasteiger partial charge in [-0.3, -0.25) is 0 Å². The van der Waals surface area contributed by atoms with Gasteiger partial charge in [0.2, 0.25) is 0 Å². The normalized spacial score (nSPS) is 10.2. The van der Waals surface area contributed by atoms with Crippen LogP contribution in [0.4, 0.5) is 0 Å². The van der Waals surface area contributed by atoms with Crippen molar-refractivity contribution in [3.05, 3.63) is 36.7 Å². The van der Waals surface area contributed by atoms with E-state index in [9.17, 15) is 0 Å². The topological polar surface area (TPSA) is 47.9 Å². The van der Waals surface area contributed by atoms with Gasteiger partial charge in [0, 0.05) is 5.56 Å². The molecule has 0 spiro atoms. The molecule has 0 bridgehead atoms. The maximum absolute atomic E-state index is 5.45. The van der Waals surface area contributed by atoms with Crippen LogP contribution in [0, 0.1) is 0 Å². The second-order valence-corrected chi connectivity index (χ2v) is 3.66. The van der Waals surface area contributed by atoms with E-state index in [0.717, 1.165) is 18.4 Å². The lowest BCUT2D eigenvalue weighted by atomic mass is 10.2. The second kappa shape index (κ2) is 5.94. The standard InChI is InChI=1S/C13H15N3O/c1-2-3-9-17-13-15-10-14-12(16-13)11-7-5-4-6-8-11/h4-8,10H,2-3,9H2,1H3. The molecule has 17 heavy (non-hydrogen) atoms. The number of unbranched alkanes of at least 4 members (excludes halogenated alkanes) is 1. The summed E-state index contributed by atoms with van der Waals surface area (Å²) >= 11 is 0. The van der Waals surface area contributed by atoms with Crippen LogP contribution in [-0.4, -0.2) is 21.6 Å². The Bertz CT molecular complexity index is 459. The van der Waals surface area contributed by atoms with Crippen LogP contribution in [0.25, 0.3) is 11.4 Å². The molecule has 0 aliphatic carbocycles. The highest BCUT2D eigenvalue weighted by Gasteiger charge is 2.03. The van der Waals surface area contributed by atoms with Crippen molar-refractivity contribution in [3.63, 3.8) is 0 Å². The first-order valence-corrected chi connectivity index (χ1v) is 5.77. The third kappa shape index (κ3) is 3.24. The van der Waals surface area contributed by atoms with Crippen LogP contribution in [0.1, 0.15) is 19.8 Å². The van der Waals surface area contributed by atoms with Crippen LogP contribution >= 0.6 is 0 Å². The fourth-order valence-corrected chi connectivity index (χ4v) is 1.38. The molecular weight excluding hydrogens is 214 g/mol. The van der Waals surface area contributed by atoms with Crippen LogP contribution in [-0.2, 0) is 0 Å². The van der Waals surface area contributed by atoms with Gasteiger partial charge in [-0.25, -0.2) is 4.98 Å². The van der Waals surface area contributed by atoms with Crippen LogP contribution in [0.5, 0.6) is 6.01 Å². The lowest BCUT2D eigenvalue weighted by Crippen LogP contribution is -2.02. The maximum atomic E-state index is 5.45. The Kier molecular flexibility index (Phi) is 4.02. The number of aromatic nitrogens is 3. The molecule has 1 heterocycles. The first-order valence-electron chi connectivity index (χ1n) is 5.77. The Morgan fingerprint density at radius 1 is 1.12 bits per heavy atom. The first kappa shape index (κ1) is 11.5. The van der Waals surface area contributed by atoms with Gasteiger partial charge in [0.25, 0.3) is 0 Å². The van der Waals surface area contributed by atoms with Crippen molar-refractivity contribution in [2.75, 3.05) is 6.61 Å². The average molecular weight is 229 g/mol. The van der Waals surface area contributed by atoms with E-state index in [2.05, 4.69) is 21.9 Å². The Morgan fingerprint density at radius 2 is 1.94 bits per heavy atom. The molecular formula is C13H15N3O. The molecule has 0 amide bonds. The molecule has 4 nitrogen and oxygen atoms in total. The molecule has 0 radical (unpaired) electrons. The fraction of sp³-hybridized carbons (Fsp3) is 0.308. The zero-order valence-corrected chi connectivity index (χ0v) is 9.84. The molecule has 1 aromatic carbocycles. The average Bonchev–Trinajstić information content (AvgIpc) is 2.41. The fourth-order valence-electron chi connectivity index (χ4n) is 1.38. The SMILES string of the molecule is CCCCOc1ncnc(-c2ccccc2)n1. The second-order valence-electron chi connectivity index (χ2n) is 3.66. The smallest absolute Gasteiger partial charge is 0.319 e. The van der Waals surface area contributed by atoms with Crippen molar-refractivity contribution < 1.29 is 4.74 Å². The molecule has 2 aromatic rings. The van der Waals surface area contributed by atoms with Gasteiger partial charge in [-0.2, -0.15) is 9.97 Å². The minimum Gasteiger partial charge on any atom is -0.463 e. The number of hydrogen-bond acceptors (Lipinski definition) is 4. The Labute approximate surface area is 101 Å². The van der Waals surface area contributed by atoms with Gasteiger partial charge in [-0.05, 0) is 6.42 Å². The molecule has 1 aromatic heterocycles. The minimum absolute atomic E-state index is 0.396. The van der Waals surface area contributed by atoms with E-state index in [1.54, 1.807) is 0 Å². The largest absolute Gasteiger partial charge is 0.463 e. The van der Waals surface area contributed by atoms with Gasteiger partial charge in [-0.1, -0.05) is 43.7 Å². The van der Waals surface area contributed by atoms with E-state index < -0.39 is 0 Å². The number of rotatable bonds is 5. The van der Waals surface area contributed by atoms with E-state index >= 15 is 0 Å². The highest BCUT2D eigenvalue weighted by atomic mass is 16.5. The van der Waals surface area contributed by atoms with Crippen LogP contribution in [0.2, 0.25) is 0 Å². The Morgan fingerprint density at radius 3 is 2.71 bits per heavy atom. The summed E-state index contributed by atoms with van der Waals surface area (Å²) in [5.74, 6) is 0.645. The summed E-state index contributed by atoms with van der Waals surface area (Å²) in [6.07, 6.45) is 3.58. The summed E-state index contributed by atoms with van der Waals surface area (Å²) in [4.78, 5) is 12.4. The van der Waals surface area contributed by atoms with E-state index in [0.29, 0.717) is 18.4 Å². The van der Waals surface area contributed by atoms with Crippen LogP contribution in [0.3, 0.4) is 0 Å². The van der Waals surface area contributed by atoms with E-state index in [4.69, 9.17) is 4.74 Å². The lowest BCUT2D eigenvalue weighted by Gasteiger charge is -2.04. The predicted octanol–water partition coefficient (Wildman–Crippen LogP) is 2.72. The van der Waals surface area contributed by atoms with Crippen molar-refractivity contribution in [1.29, 1.82) is 0 Å². The zero-order valence-electron chi connectivity index (χ0n) is 9.84. The molecule has 2 rings (SSSR count). The Hall–Kier alpha value is -1.97. The van der Waals surface area contributed by atoms with Crippen molar-refractivity contribution in [1.82, 2.24) is 15.0 Å². The molecule has 0 aliphatic heterocycles. The first-order chi connectivity index (χ1) is 8.40. The number of nitrogens with zero attached hydrogens (tertiary/aromatic N) is 3. The summed E-state index contributed by atoms with van der Waals surface area (Å²) in [6.45, 7) is 2.76. The molecule has 0 N–H and O–H groups in total. The highest BCUT2D eigenvalue weighted by Crippen LogP contribution is 2.14. The molecule has 0 atom stereocenters. The van der Waals surface area contributed by atoms with E-state index in [-0.39, 0.29) is 0 Å². The molecule has 0 saturated heterocycles. The van der Waals surface area contributed by atoms with Gasteiger partial charge in [0.15, 0.2) is 5.82 Å². The highest BCUT2D eigenvalue weighted by molar-refractivity contribution is 5.54. The summed E-state index contributed by atoms with van der Waals surface area (Å²) < 4.78 is 5.45. The predicted molar refractivity (Wildman–Crippen MR) is 65.7 cm³/mol. The Balaban J connectivity index is 2.12. The van der Waals surface area contributed by atoms with Crippen LogP contribution < -0.4 is 4.74 Å². The van der Waals surface area contributed by atoms with Crippen molar-refractivity contribution >= 4 is 0 Å². The molecule has 0 aliphatic rings. The molecule has 0 saturated carbocycles. The summed E-state index contributed by atoms with van der Waals surface area (Å²) in [6, 6.07) is 10.2. The number of benzene rings is 1. The maximum Gasteiger partial charge on any atom is 0.319 e. The van der Waals surface area contributed by atoms with Gasteiger partial charge < -0.3 is 4.74 Å². The van der Waals surface area contributed by atoms with Crippen LogP contribution in [0.15, 0.2) is 36.7 Å². The van der Waals surface area contributed by atoms with Crippen molar-refractivity contribution in [2.24, 2.45) is 0 Å². The van der Waals surface area contributed by atoms with Gasteiger partial charge in [0.05, 0.1) is 6.61 Å².